The van der Waals surface area contributed by atoms with Gasteiger partial charge in [-0.25, -0.2) is 9.67 Å². The highest BCUT2D eigenvalue weighted by molar-refractivity contribution is 5.93. The number of carbonyl (C=O) groups excluding carboxylic acids is 1. The van der Waals surface area contributed by atoms with Gasteiger partial charge in [0.25, 0.3) is 5.91 Å². The van der Waals surface area contributed by atoms with E-state index in [9.17, 15) is 4.79 Å². The molecule has 2 aromatic heterocycles. The molecule has 8 nitrogen and oxygen atoms in total. The molecule has 150 valence electrons. The minimum absolute atomic E-state index is 0. The van der Waals surface area contributed by atoms with E-state index in [4.69, 9.17) is 5.73 Å². The van der Waals surface area contributed by atoms with Gasteiger partial charge in [0.2, 0.25) is 0 Å². The molecule has 3 rings (SSSR count). The molecule has 3 aromatic rings. The summed E-state index contributed by atoms with van der Waals surface area (Å²) in [6.45, 7) is 6.22. The second kappa shape index (κ2) is 10.1. The third kappa shape index (κ3) is 5.25. The first-order valence-electron chi connectivity index (χ1n) is 8.28. The van der Waals surface area contributed by atoms with Crippen LogP contribution in [0.3, 0.4) is 0 Å². The number of nitrogens with zero attached hydrogens (tertiary/aromatic N) is 5. The molecule has 28 heavy (non-hydrogen) atoms. The number of benzene rings is 1. The molecule has 2 heterocycles. The number of amides is 1. The van der Waals surface area contributed by atoms with Crippen LogP contribution in [-0.2, 0) is 13.1 Å². The van der Waals surface area contributed by atoms with Crippen LogP contribution in [0.1, 0.15) is 38.8 Å². The fraction of sp³-hybridized carbons (Fsp3) is 0.278. The van der Waals surface area contributed by atoms with E-state index >= 15 is 0 Å². The van der Waals surface area contributed by atoms with E-state index in [0.29, 0.717) is 30.2 Å². The quantitative estimate of drug-likeness (QED) is 0.650. The standard InChI is InChI=1S/C18H21N7O.2ClH/c1-11-12(2)22-17(13(3)21-11)18(26)20-9-14-5-4-6-16(7-14)25-10-15(8-19)23-24-25;;/h4-7,10H,8-9,19H2,1-3H3,(H,20,26);2*1H. The van der Waals surface area contributed by atoms with Crippen LogP contribution < -0.4 is 11.1 Å². The first kappa shape index (κ1) is 23.5. The molecule has 0 unspecified atom stereocenters. The molecule has 0 aliphatic rings. The zero-order valence-electron chi connectivity index (χ0n) is 15.8. The van der Waals surface area contributed by atoms with E-state index in [-0.39, 0.29) is 30.7 Å². The van der Waals surface area contributed by atoms with Gasteiger partial charge < -0.3 is 11.1 Å². The molecule has 0 radical (unpaired) electrons. The number of halogens is 2. The van der Waals surface area contributed by atoms with Gasteiger partial charge in [0.05, 0.1) is 34.7 Å². The van der Waals surface area contributed by atoms with E-state index in [1.807, 2.05) is 38.1 Å². The van der Waals surface area contributed by atoms with Crippen molar-refractivity contribution in [2.24, 2.45) is 5.73 Å². The summed E-state index contributed by atoms with van der Waals surface area (Å²) >= 11 is 0. The largest absolute Gasteiger partial charge is 0.347 e. The summed E-state index contributed by atoms with van der Waals surface area (Å²) in [5.74, 6) is -0.241. The van der Waals surface area contributed by atoms with Gasteiger partial charge >= 0.3 is 0 Å². The summed E-state index contributed by atoms with van der Waals surface area (Å²) in [5, 5.41) is 10.9. The van der Waals surface area contributed by atoms with Gasteiger partial charge in [-0.15, -0.1) is 29.9 Å². The minimum atomic E-state index is -0.241. The van der Waals surface area contributed by atoms with E-state index in [1.54, 1.807) is 17.8 Å². The average Bonchev–Trinajstić information content (AvgIpc) is 3.12. The van der Waals surface area contributed by atoms with Crippen LogP contribution in [0.15, 0.2) is 30.5 Å². The maximum absolute atomic E-state index is 12.4. The van der Waals surface area contributed by atoms with E-state index < -0.39 is 0 Å². The number of nitrogens with one attached hydrogen (secondary N) is 1. The molecule has 0 aliphatic carbocycles. The van der Waals surface area contributed by atoms with Gasteiger partial charge in [-0.05, 0) is 38.5 Å². The zero-order chi connectivity index (χ0) is 18.7. The smallest absolute Gasteiger partial charge is 0.272 e. The van der Waals surface area contributed by atoms with Crippen LogP contribution in [-0.4, -0.2) is 30.9 Å². The van der Waals surface area contributed by atoms with E-state index in [0.717, 1.165) is 22.6 Å². The summed E-state index contributed by atoms with van der Waals surface area (Å²) < 4.78 is 1.66. The highest BCUT2D eigenvalue weighted by atomic mass is 35.5. The second-order valence-corrected chi connectivity index (χ2v) is 6.04. The lowest BCUT2D eigenvalue weighted by molar-refractivity contribution is 0.0944. The van der Waals surface area contributed by atoms with Crippen molar-refractivity contribution in [1.82, 2.24) is 30.3 Å². The summed E-state index contributed by atoms with van der Waals surface area (Å²) in [6, 6.07) is 7.69. The Morgan fingerprint density at radius 2 is 1.82 bits per heavy atom. The van der Waals surface area contributed by atoms with Crippen molar-refractivity contribution in [1.29, 1.82) is 0 Å². The lowest BCUT2D eigenvalue weighted by Gasteiger charge is -2.09. The Balaban J connectivity index is 0.00000196. The summed E-state index contributed by atoms with van der Waals surface area (Å²) in [5.41, 5.74) is 10.6. The van der Waals surface area contributed by atoms with Gasteiger partial charge in [-0.3, -0.25) is 9.78 Å². The molecule has 1 aromatic carbocycles. The molecule has 0 saturated carbocycles. The Morgan fingerprint density at radius 3 is 2.50 bits per heavy atom. The maximum Gasteiger partial charge on any atom is 0.272 e. The predicted octanol–water partition coefficient (Wildman–Crippen LogP) is 2.21. The minimum Gasteiger partial charge on any atom is -0.347 e. The fourth-order valence-electron chi connectivity index (χ4n) is 2.52. The van der Waals surface area contributed by atoms with Gasteiger partial charge in [-0.1, -0.05) is 17.3 Å². The van der Waals surface area contributed by atoms with Crippen LogP contribution in [0, 0.1) is 20.8 Å². The van der Waals surface area contributed by atoms with Crippen molar-refractivity contribution in [3.8, 4) is 5.69 Å². The number of hydrogen-bond donors (Lipinski definition) is 2. The highest BCUT2D eigenvalue weighted by Crippen LogP contribution is 2.11. The number of hydrogen-bond acceptors (Lipinski definition) is 6. The molecule has 1 amide bonds. The van der Waals surface area contributed by atoms with Crippen LogP contribution in [0.2, 0.25) is 0 Å². The molecule has 0 bridgehead atoms. The zero-order valence-corrected chi connectivity index (χ0v) is 17.5. The van der Waals surface area contributed by atoms with Gasteiger partial charge in [0.15, 0.2) is 0 Å². The Kier molecular flexibility index (Phi) is 8.49. The lowest BCUT2D eigenvalue weighted by Crippen LogP contribution is -2.25. The Morgan fingerprint density at radius 1 is 1.11 bits per heavy atom. The van der Waals surface area contributed by atoms with Crippen molar-refractivity contribution in [2.45, 2.75) is 33.9 Å². The molecule has 3 N–H and O–H groups in total. The Labute approximate surface area is 175 Å². The average molecular weight is 424 g/mol. The fourth-order valence-corrected chi connectivity index (χ4v) is 2.52. The molecule has 0 spiro atoms. The predicted molar refractivity (Wildman–Crippen MR) is 111 cm³/mol. The van der Waals surface area contributed by atoms with Crippen molar-refractivity contribution in [3.05, 3.63) is 64.5 Å². The third-order valence-electron chi connectivity index (χ3n) is 4.07. The summed E-state index contributed by atoms with van der Waals surface area (Å²) in [4.78, 5) is 21.2. The number of nitrogens with two attached hydrogens (primary N) is 1. The normalized spacial score (nSPS) is 10.0. The van der Waals surface area contributed by atoms with Crippen LogP contribution in [0.5, 0.6) is 0 Å². The van der Waals surface area contributed by atoms with Crippen LogP contribution in [0.25, 0.3) is 5.69 Å². The summed E-state index contributed by atoms with van der Waals surface area (Å²) in [6.07, 6.45) is 1.78. The van der Waals surface area contributed by atoms with E-state index in [2.05, 4.69) is 25.6 Å². The van der Waals surface area contributed by atoms with Gasteiger partial charge in [-0.2, -0.15) is 0 Å². The molecule has 10 heteroatoms. The Hall–Kier alpha value is -2.55. The molecular weight excluding hydrogens is 401 g/mol. The molecule has 0 aliphatic heterocycles. The molecular formula is C18H23Cl2N7O. The monoisotopic (exact) mass is 423 g/mol. The maximum atomic E-state index is 12.4. The third-order valence-corrected chi connectivity index (χ3v) is 4.07. The first-order chi connectivity index (χ1) is 12.5. The van der Waals surface area contributed by atoms with Gasteiger partial charge in [0, 0.05) is 13.1 Å². The molecule has 0 fully saturated rings. The SMILES string of the molecule is Cc1nc(C)c(C(=O)NCc2cccc(-n3cc(CN)nn3)c2)nc1C.Cl.Cl. The van der Waals surface area contributed by atoms with Crippen molar-refractivity contribution in [2.75, 3.05) is 0 Å². The second-order valence-electron chi connectivity index (χ2n) is 6.04. The van der Waals surface area contributed by atoms with Crippen molar-refractivity contribution < 1.29 is 4.79 Å². The highest BCUT2D eigenvalue weighted by Gasteiger charge is 2.13. The molecule has 0 atom stereocenters. The van der Waals surface area contributed by atoms with E-state index in [1.165, 1.54) is 0 Å². The first-order valence-corrected chi connectivity index (χ1v) is 8.28. The number of carbonyl (C=O) groups is 1. The van der Waals surface area contributed by atoms with Gasteiger partial charge in [0.1, 0.15) is 5.69 Å². The van der Waals surface area contributed by atoms with Crippen LogP contribution in [0.4, 0.5) is 0 Å². The Bertz CT molecular complexity index is 959. The number of rotatable bonds is 5. The number of aryl methyl sites for hydroxylation is 3. The summed E-state index contributed by atoms with van der Waals surface area (Å²) in [7, 11) is 0. The topological polar surface area (TPSA) is 112 Å². The molecule has 0 saturated heterocycles. The van der Waals surface area contributed by atoms with Crippen molar-refractivity contribution in [3.63, 3.8) is 0 Å². The van der Waals surface area contributed by atoms with Crippen LogP contribution >= 0.6 is 24.8 Å². The lowest BCUT2D eigenvalue weighted by atomic mass is 10.2. The number of aromatic nitrogens is 5. The van der Waals surface area contributed by atoms with Crippen molar-refractivity contribution >= 4 is 30.7 Å².